The van der Waals surface area contributed by atoms with E-state index in [-0.39, 0.29) is 5.91 Å². The first-order valence-electron chi connectivity index (χ1n) is 6.46. The van der Waals surface area contributed by atoms with Gasteiger partial charge in [-0.25, -0.2) is 4.98 Å². The van der Waals surface area contributed by atoms with Crippen LogP contribution in [-0.4, -0.2) is 22.4 Å². The van der Waals surface area contributed by atoms with Gasteiger partial charge >= 0.3 is 0 Å². The van der Waals surface area contributed by atoms with Crippen LogP contribution in [0.5, 0.6) is 0 Å². The molecular formula is C14H16N4O. The number of benzene rings is 1. The number of aromatic amines is 1. The smallest absolute Gasteiger partial charge is 0.251 e. The Morgan fingerprint density at radius 3 is 3.21 bits per heavy atom. The molecule has 0 saturated heterocycles. The Labute approximate surface area is 111 Å². The van der Waals surface area contributed by atoms with E-state index in [0.29, 0.717) is 6.54 Å². The molecule has 3 N–H and O–H groups in total. The lowest BCUT2D eigenvalue weighted by Gasteiger charge is -2.20. The Balaban J connectivity index is 1.76. The van der Waals surface area contributed by atoms with Gasteiger partial charge in [0.1, 0.15) is 0 Å². The number of H-pyrrole nitrogens is 1. The van der Waals surface area contributed by atoms with Gasteiger partial charge in [0, 0.05) is 24.0 Å². The molecule has 0 radical (unpaired) electrons. The van der Waals surface area contributed by atoms with E-state index < -0.39 is 0 Å². The molecule has 5 nitrogen and oxygen atoms in total. The van der Waals surface area contributed by atoms with E-state index in [1.165, 1.54) is 0 Å². The van der Waals surface area contributed by atoms with Crippen LogP contribution in [0.1, 0.15) is 28.0 Å². The van der Waals surface area contributed by atoms with Crippen molar-refractivity contribution >= 4 is 11.6 Å². The average Bonchev–Trinajstić information content (AvgIpc) is 2.97. The number of imidazole rings is 1. The van der Waals surface area contributed by atoms with Gasteiger partial charge in [-0.05, 0) is 30.5 Å². The van der Waals surface area contributed by atoms with Crippen molar-refractivity contribution in [3.8, 4) is 0 Å². The van der Waals surface area contributed by atoms with Crippen LogP contribution in [0.3, 0.4) is 0 Å². The number of fused-ring (bicyclic) bond motifs is 1. The number of nitrogens with zero attached hydrogens (tertiary/aromatic N) is 1. The maximum atomic E-state index is 12.2. The van der Waals surface area contributed by atoms with Gasteiger partial charge in [0.2, 0.25) is 0 Å². The molecule has 0 saturated carbocycles. The molecule has 5 heteroatoms. The van der Waals surface area contributed by atoms with Crippen molar-refractivity contribution in [3.63, 3.8) is 0 Å². The van der Waals surface area contributed by atoms with Gasteiger partial charge in [0.25, 0.3) is 5.91 Å². The summed E-state index contributed by atoms with van der Waals surface area (Å²) in [6.07, 6.45) is 5.34. The first-order valence-corrected chi connectivity index (χ1v) is 6.46. The lowest BCUT2D eigenvalue weighted by atomic mass is 9.97. The molecule has 0 aliphatic carbocycles. The van der Waals surface area contributed by atoms with E-state index in [9.17, 15) is 4.79 Å². The lowest BCUT2D eigenvalue weighted by molar-refractivity contribution is 0.0949. The van der Waals surface area contributed by atoms with E-state index >= 15 is 0 Å². The third kappa shape index (κ3) is 2.45. The van der Waals surface area contributed by atoms with Crippen molar-refractivity contribution in [2.75, 3.05) is 11.9 Å². The summed E-state index contributed by atoms with van der Waals surface area (Å²) in [5, 5.41) is 6.24. The molecular weight excluding hydrogens is 240 g/mol. The van der Waals surface area contributed by atoms with Crippen molar-refractivity contribution in [2.45, 2.75) is 19.4 Å². The van der Waals surface area contributed by atoms with Gasteiger partial charge in [-0.1, -0.05) is 6.07 Å². The third-order valence-corrected chi connectivity index (χ3v) is 3.33. The minimum absolute atomic E-state index is 0.0323. The number of rotatable bonds is 3. The van der Waals surface area contributed by atoms with Crippen LogP contribution >= 0.6 is 0 Å². The number of anilines is 1. The van der Waals surface area contributed by atoms with E-state index in [0.717, 1.165) is 41.9 Å². The van der Waals surface area contributed by atoms with Crippen molar-refractivity contribution in [1.29, 1.82) is 0 Å². The van der Waals surface area contributed by atoms with Gasteiger partial charge in [0.15, 0.2) is 0 Å². The van der Waals surface area contributed by atoms with Crippen LogP contribution in [0.15, 0.2) is 30.7 Å². The number of aromatic nitrogens is 2. The SMILES string of the molecule is O=C(NCc1cnc[nH]1)c1cccc2c1CCCN2. The molecule has 0 unspecified atom stereocenters. The molecule has 19 heavy (non-hydrogen) atoms. The van der Waals surface area contributed by atoms with Crippen LogP contribution in [-0.2, 0) is 13.0 Å². The summed E-state index contributed by atoms with van der Waals surface area (Å²) in [5.74, 6) is -0.0323. The largest absolute Gasteiger partial charge is 0.385 e. The molecule has 0 fully saturated rings. The zero-order chi connectivity index (χ0) is 13.1. The highest BCUT2D eigenvalue weighted by Gasteiger charge is 2.16. The minimum Gasteiger partial charge on any atom is -0.385 e. The molecule has 2 aromatic rings. The Bertz CT molecular complexity index is 577. The summed E-state index contributed by atoms with van der Waals surface area (Å²) in [7, 11) is 0. The predicted molar refractivity (Wildman–Crippen MR) is 73.0 cm³/mol. The number of hydrogen-bond donors (Lipinski definition) is 3. The lowest BCUT2D eigenvalue weighted by Crippen LogP contribution is -2.25. The second kappa shape index (κ2) is 5.14. The minimum atomic E-state index is -0.0323. The zero-order valence-corrected chi connectivity index (χ0v) is 10.6. The molecule has 1 aliphatic rings. The molecule has 0 atom stereocenters. The molecule has 1 amide bonds. The highest BCUT2D eigenvalue weighted by Crippen LogP contribution is 2.25. The summed E-state index contributed by atoms with van der Waals surface area (Å²) in [6.45, 7) is 1.45. The Morgan fingerprint density at radius 2 is 2.37 bits per heavy atom. The first kappa shape index (κ1) is 11.8. The van der Waals surface area contributed by atoms with Crippen LogP contribution in [0.4, 0.5) is 5.69 Å². The number of amides is 1. The van der Waals surface area contributed by atoms with Gasteiger partial charge in [-0.2, -0.15) is 0 Å². The molecule has 0 bridgehead atoms. The molecule has 0 spiro atoms. The van der Waals surface area contributed by atoms with Crippen molar-refractivity contribution in [1.82, 2.24) is 15.3 Å². The molecule has 1 aromatic heterocycles. The van der Waals surface area contributed by atoms with Crippen molar-refractivity contribution in [3.05, 3.63) is 47.5 Å². The Morgan fingerprint density at radius 1 is 1.42 bits per heavy atom. The van der Waals surface area contributed by atoms with Crippen LogP contribution in [0.25, 0.3) is 0 Å². The van der Waals surface area contributed by atoms with Gasteiger partial charge < -0.3 is 15.6 Å². The molecule has 1 aromatic carbocycles. The second-order valence-electron chi connectivity index (χ2n) is 4.62. The maximum Gasteiger partial charge on any atom is 0.251 e. The van der Waals surface area contributed by atoms with E-state index in [1.807, 2.05) is 18.2 Å². The molecule has 1 aliphatic heterocycles. The zero-order valence-electron chi connectivity index (χ0n) is 10.6. The number of carbonyl (C=O) groups is 1. The predicted octanol–water partition coefficient (Wildman–Crippen LogP) is 1.70. The fourth-order valence-electron chi connectivity index (χ4n) is 2.37. The average molecular weight is 256 g/mol. The monoisotopic (exact) mass is 256 g/mol. The fraction of sp³-hybridized carbons (Fsp3) is 0.286. The summed E-state index contributed by atoms with van der Waals surface area (Å²) in [6, 6.07) is 5.83. The molecule has 98 valence electrons. The summed E-state index contributed by atoms with van der Waals surface area (Å²) in [4.78, 5) is 19.1. The van der Waals surface area contributed by atoms with Crippen LogP contribution in [0, 0.1) is 0 Å². The van der Waals surface area contributed by atoms with Crippen molar-refractivity contribution in [2.24, 2.45) is 0 Å². The summed E-state index contributed by atoms with van der Waals surface area (Å²) < 4.78 is 0. The standard InChI is InChI=1S/C14H16N4O/c19-14(17-8-10-7-15-9-18-10)12-3-1-5-13-11(12)4-2-6-16-13/h1,3,5,7,9,16H,2,4,6,8H2,(H,15,18)(H,17,19). The third-order valence-electron chi connectivity index (χ3n) is 3.33. The topological polar surface area (TPSA) is 69.8 Å². The molecule has 2 heterocycles. The normalized spacial score (nSPS) is 13.5. The maximum absolute atomic E-state index is 12.2. The highest BCUT2D eigenvalue weighted by atomic mass is 16.1. The quantitative estimate of drug-likeness (QED) is 0.782. The van der Waals surface area contributed by atoms with Crippen molar-refractivity contribution < 1.29 is 4.79 Å². The number of nitrogens with one attached hydrogen (secondary N) is 3. The second-order valence-corrected chi connectivity index (χ2v) is 4.62. The fourth-order valence-corrected chi connectivity index (χ4v) is 2.37. The van der Waals surface area contributed by atoms with Gasteiger partial charge in [-0.15, -0.1) is 0 Å². The Hall–Kier alpha value is -2.30. The Kier molecular flexibility index (Phi) is 3.18. The summed E-state index contributed by atoms with van der Waals surface area (Å²) >= 11 is 0. The number of hydrogen-bond acceptors (Lipinski definition) is 3. The van der Waals surface area contributed by atoms with E-state index in [1.54, 1.807) is 12.5 Å². The van der Waals surface area contributed by atoms with E-state index in [4.69, 9.17) is 0 Å². The highest BCUT2D eigenvalue weighted by molar-refractivity contribution is 5.97. The summed E-state index contributed by atoms with van der Waals surface area (Å²) in [5.41, 5.74) is 3.87. The van der Waals surface area contributed by atoms with E-state index in [2.05, 4.69) is 20.6 Å². The molecule has 3 rings (SSSR count). The van der Waals surface area contributed by atoms with Gasteiger partial charge in [-0.3, -0.25) is 4.79 Å². The number of carbonyl (C=O) groups excluding carboxylic acids is 1. The van der Waals surface area contributed by atoms with Gasteiger partial charge in [0.05, 0.1) is 18.6 Å². The first-order chi connectivity index (χ1) is 9.34. The van der Waals surface area contributed by atoms with Crippen LogP contribution < -0.4 is 10.6 Å². The van der Waals surface area contributed by atoms with Crippen LogP contribution in [0.2, 0.25) is 0 Å².